The number of aliphatic hydroxyl groups excluding tert-OH is 1. The van der Waals surface area contributed by atoms with Gasteiger partial charge in [-0.2, -0.15) is 0 Å². The van der Waals surface area contributed by atoms with Crippen LogP contribution in [0.5, 0.6) is 0 Å². The zero-order valence-corrected chi connectivity index (χ0v) is 18.6. The monoisotopic (exact) mass is 382 g/mol. The van der Waals surface area contributed by atoms with Crippen molar-refractivity contribution in [3.05, 3.63) is 48.0 Å². The van der Waals surface area contributed by atoms with Crippen LogP contribution in [0.1, 0.15) is 69.8 Å². The Kier molecular flexibility index (Phi) is 10.9. The predicted molar refractivity (Wildman–Crippen MR) is 100 cm³/mol. The Hall–Kier alpha value is -0.650. The quantitative estimate of drug-likeness (QED) is 0.463. The summed E-state index contributed by atoms with van der Waals surface area (Å²) in [6.07, 6.45) is 8.29. The molecule has 2 N–H and O–H groups in total. The normalized spacial score (nSPS) is 24.9. The maximum absolute atomic E-state index is 10.8. The minimum absolute atomic E-state index is 0. The first kappa shape index (κ1) is 24.4. The molecule has 0 aliphatic heterocycles. The maximum atomic E-state index is 10.8. The standard InChI is InChI=1S/C22H32O4.Na/c1-17(19-9-3-2-4-10-19)7-5-11-20(23)13-12-18-8-6-14-22(26,15-18)16-21(24)25;/h2-4,9-10,12-13,17-18,20,23,26H,5-8,11,14-16H2,1H3,(H,24,25);/q;+1/p-1/b13-12+;/t17?,18-,20-,22+;/m0./s1. The van der Waals surface area contributed by atoms with E-state index in [9.17, 15) is 20.1 Å². The number of hydrogen-bond acceptors (Lipinski definition) is 4. The van der Waals surface area contributed by atoms with Crippen molar-refractivity contribution in [3.8, 4) is 0 Å². The summed E-state index contributed by atoms with van der Waals surface area (Å²) in [6, 6.07) is 10.4. The van der Waals surface area contributed by atoms with Crippen molar-refractivity contribution in [2.24, 2.45) is 5.92 Å². The molecule has 1 aromatic carbocycles. The van der Waals surface area contributed by atoms with Crippen LogP contribution in [-0.2, 0) is 4.79 Å². The Bertz CT molecular complexity index is 589. The van der Waals surface area contributed by atoms with Crippen molar-refractivity contribution in [2.75, 3.05) is 0 Å². The molecule has 0 spiro atoms. The molecule has 0 bridgehead atoms. The van der Waals surface area contributed by atoms with Gasteiger partial charge in [-0.1, -0.05) is 49.4 Å². The van der Waals surface area contributed by atoms with E-state index in [1.54, 1.807) is 0 Å². The van der Waals surface area contributed by atoms with Gasteiger partial charge in [0, 0.05) is 12.4 Å². The summed E-state index contributed by atoms with van der Waals surface area (Å²) in [5.74, 6) is -0.610. The fourth-order valence-corrected chi connectivity index (χ4v) is 3.94. The SMILES string of the molecule is CC(CCC[C@H](O)/C=C/[C@@H]1CCC[C@](O)(CC(=O)[O-])C1)c1ccccc1.[Na+]. The molecule has 0 amide bonds. The van der Waals surface area contributed by atoms with Gasteiger partial charge >= 0.3 is 29.6 Å². The molecule has 4 nitrogen and oxygen atoms in total. The van der Waals surface area contributed by atoms with Crippen molar-refractivity contribution in [2.45, 2.75) is 75.9 Å². The number of carbonyl (C=O) groups is 1. The van der Waals surface area contributed by atoms with E-state index < -0.39 is 17.7 Å². The van der Waals surface area contributed by atoms with Crippen LogP contribution in [0.2, 0.25) is 0 Å². The van der Waals surface area contributed by atoms with Gasteiger partial charge in [0.05, 0.1) is 11.7 Å². The van der Waals surface area contributed by atoms with E-state index in [1.165, 1.54) is 5.56 Å². The Morgan fingerprint density at radius 3 is 2.70 bits per heavy atom. The third kappa shape index (κ3) is 8.93. The Morgan fingerprint density at radius 1 is 1.33 bits per heavy atom. The van der Waals surface area contributed by atoms with Gasteiger partial charge in [0.2, 0.25) is 0 Å². The first-order valence-electron chi connectivity index (χ1n) is 9.71. The molecule has 5 heteroatoms. The van der Waals surface area contributed by atoms with E-state index in [4.69, 9.17) is 0 Å². The van der Waals surface area contributed by atoms with Gasteiger partial charge in [-0.15, -0.1) is 0 Å². The molecule has 4 atom stereocenters. The van der Waals surface area contributed by atoms with Gasteiger partial charge in [-0.25, -0.2) is 0 Å². The molecule has 2 rings (SSSR count). The van der Waals surface area contributed by atoms with Crippen LogP contribution in [0.4, 0.5) is 0 Å². The fraction of sp³-hybridized carbons (Fsp3) is 0.591. The van der Waals surface area contributed by atoms with Crippen molar-refractivity contribution in [1.82, 2.24) is 0 Å². The van der Waals surface area contributed by atoms with Crippen LogP contribution in [0, 0.1) is 5.92 Å². The van der Waals surface area contributed by atoms with Crippen molar-refractivity contribution >= 4 is 5.97 Å². The molecule has 0 heterocycles. The van der Waals surface area contributed by atoms with E-state index >= 15 is 0 Å². The topological polar surface area (TPSA) is 80.6 Å². The first-order valence-corrected chi connectivity index (χ1v) is 9.71. The van der Waals surface area contributed by atoms with E-state index in [1.807, 2.05) is 18.2 Å². The second kappa shape index (κ2) is 12.0. The van der Waals surface area contributed by atoms with Gasteiger partial charge in [-0.3, -0.25) is 0 Å². The second-order valence-corrected chi connectivity index (χ2v) is 7.82. The first-order chi connectivity index (χ1) is 12.4. The van der Waals surface area contributed by atoms with Gasteiger partial charge in [0.25, 0.3) is 0 Å². The molecule has 0 saturated heterocycles. The van der Waals surface area contributed by atoms with Gasteiger partial charge < -0.3 is 20.1 Å². The third-order valence-electron chi connectivity index (χ3n) is 5.44. The number of carboxylic acid groups (broad SMARTS) is 1. The molecule has 144 valence electrons. The summed E-state index contributed by atoms with van der Waals surface area (Å²) in [5, 5.41) is 31.3. The van der Waals surface area contributed by atoms with Crippen molar-refractivity contribution in [3.63, 3.8) is 0 Å². The predicted octanol–water partition coefficient (Wildman–Crippen LogP) is -0.0572. The van der Waals surface area contributed by atoms with Gasteiger partial charge in [0.15, 0.2) is 0 Å². The number of allylic oxidation sites excluding steroid dienone is 1. The summed E-state index contributed by atoms with van der Waals surface area (Å²) in [5.41, 5.74) is 0.161. The molecule has 0 aromatic heterocycles. The molecule has 1 fully saturated rings. The minimum Gasteiger partial charge on any atom is -0.550 e. The van der Waals surface area contributed by atoms with Crippen molar-refractivity contribution < 1.29 is 49.7 Å². The van der Waals surface area contributed by atoms with Crippen LogP contribution < -0.4 is 34.7 Å². The maximum Gasteiger partial charge on any atom is 1.00 e. The fourth-order valence-electron chi connectivity index (χ4n) is 3.94. The Morgan fingerprint density at radius 2 is 2.04 bits per heavy atom. The molecular formula is C22H31NaO4. The number of benzene rings is 1. The second-order valence-electron chi connectivity index (χ2n) is 7.82. The number of aliphatic carboxylic acids is 1. The Balaban J connectivity index is 0.00000364. The molecule has 1 saturated carbocycles. The number of hydrogen-bond donors (Lipinski definition) is 2. The average Bonchev–Trinajstić information content (AvgIpc) is 2.59. The number of aliphatic hydroxyl groups is 2. The van der Waals surface area contributed by atoms with Gasteiger partial charge in [0.1, 0.15) is 0 Å². The Labute approximate surface area is 185 Å². The van der Waals surface area contributed by atoms with Gasteiger partial charge in [-0.05, 0) is 62.3 Å². The van der Waals surface area contributed by atoms with Crippen molar-refractivity contribution in [1.29, 1.82) is 0 Å². The van der Waals surface area contributed by atoms with Crippen LogP contribution in [0.3, 0.4) is 0 Å². The molecule has 1 aliphatic rings. The van der Waals surface area contributed by atoms with E-state index in [-0.39, 0.29) is 41.9 Å². The largest absolute Gasteiger partial charge is 1.00 e. The number of rotatable bonds is 9. The molecule has 1 aliphatic carbocycles. The van der Waals surface area contributed by atoms with Crippen LogP contribution in [-0.4, -0.2) is 27.9 Å². The molecule has 1 aromatic rings. The summed E-state index contributed by atoms with van der Waals surface area (Å²) < 4.78 is 0. The van der Waals surface area contributed by atoms with E-state index in [0.717, 1.165) is 25.7 Å². The average molecular weight is 382 g/mol. The zero-order valence-electron chi connectivity index (χ0n) is 16.6. The third-order valence-corrected chi connectivity index (χ3v) is 5.44. The summed E-state index contributed by atoms with van der Waals surface area (Å²) >= 11 is 0. The zero-order chi connectivity index (χ0) is 19.0. The summed E-state index contributed by atoms with van der Waals surface area (Å²) in [6.45, 7) is 2.21. The molecular weight excluding hydrogens is 351 g/mol. The summed E-state index contributed by atoms with van der Waals surface area (Å²) in [7, 11) is 0. The van der Waals surface area contributed by atoms with Crippen LogP contribution in [0.15, 0.2) is 42.5 Å². The molecule has 27 heavy (non-hydrogen) atoms. The van der Waals surface area contributed by atoms with E-state index in [0.29, 0.717) is 25.2 Å². The molecule has 0 radical (unpaired) electrons. The molecule has 1 unspecified atom stereocenters. The van der Waals surface area contributed by atoms with Crippen LogP contribution >= 0.6 is 0 Å². The minimum atomic E-state index is -1.20. The smallest absolute Gasteiger partial charge is 0.550 e. The number of carboxylic acids is 1. The number of carbonyl (C=O) groups excluding carboxylic acids is 1. The van der Waals surface area contributed by atoms with E-state index in [2.05, 4.69) is 31.2 Å². The summed E-state index contributed by atoms with van der Waals surface area (Å²) in [4.78, 5) is 10.8. The van der Waals surface area contributed by atoms with Crippen LogP contribution in [0.25, 0.3) is 0 Å².